The van der Waals surface area contributed by atoms with Crippen molar-refractivity contribution in [1.82, 2.24) is 29.4 Å². The average Bonchev–Trinajstić information content (AvgIpc) is 1.49. The van der Waals surface area contributed by atoms with E-state index in [4.69, 9.17) is 0 Å². The van der Waals surface area contributed by atoms with Crippen LogP contribution in [0.15, 0.2) is 77.7 Å². The highest BCUT2D eigenvalue weighted by Gasteiger charge is 2.59. The maximum atomic E-state index is 3.04. The zero-order valence-corrected chi connectivity index (χ0v) is 111. The van der Waals surface area contributed by atoms with Gasteiger partial charge in [-0.2, -0.15) is 0 Å². The van der Waals surface area contributed by atoms with Crippen molar-refractivity contribution in [3.8, 4) is 0 Å². The molecule has 0 radical (unpaired) electrons. The van der Waals surface area contributed by atoms with Gasteiger partial charge < -0.3 is 19.6 Å². The van der Waals surface area contributed by atoms with Crippen LogP contribution in [0.25, 0.3) is 0 Å². The minimum Gasteiger partial charge on any atom is -0.352 e. The van der Waals surface area contributed by atoms with Crippen molar-refractivity contribution in [2.45, 2.75) is 464 Å². The number of aryl methyl sites for hydroxylation is 9. The lowest BCUT2D eigenvalue weighted by molar-refractivity contribution is -0.111. The van der Waals surface area contributed by atoms with Crippen molar-refractivity contribution in [3.05, 3.63) is 145 Å². The lowest BCUT2D eigenvalue weighted by atomic mass is 9.52. The van der Waals surface area contributed by atoms with Crippen LogP contribution < -0.4 is 19.6 Å². The molecule has 20 heteroatoms. The summed E-state index contributed by atoms with van der Waals surface area (Å²) in [7, 11) is 9.69. The first-order valence-corrected chi connectivity index (χ1v) is 76.3. The van der Waals surface area contributed by atoms with E-state index < -0.39 is 0 Å². The smallest absolute Gasteiger partial charge is 0.0904 e. The van der Waals surface area contributed by atoms with Crippen LogP contribution >= 0.6 is 151 Å². The number of anilines is 4. The SMILES string of the molecule is C1C2CC3CC1CC(N1CCN(C45CC6CC(CC(C6)C4)C5)C1)(C2)C3.C1CCC(N2CCN(C3CCCCC3)C2)CC1.CC(C)N1CCN(C(C)C)C1.CC(C)SI.CC(C)c1cccc(C(C)C)c1N1CCN(c2c(C(C)C)cccc2C(C)C)C1.CCCSI.Cc1cc(C)c(N2CCN(c3c(C)cc(C)cc3C)C2)c(C)c1.Cc1cc(C)c(SI)c(C)c1.ISC12CC3CC(CC(C3)C1)C2.ISC1CCCCC1. The Balaban J connectivity index is 0.000000142. The van der Waals surface area contributed by atoms with Crippen molar-refractivity contribution >= 4 is 173 Å². The minimum absolute atomic E-state index is 0.534. The zero-order valence-electron chi connectivity index (χ0n) is 96.2. The molecule has 0 unspecified atom stereocenters. The molecule has 0 atom stereocenters. The Hall–Kier alpha value is 0.460. The van der Waals surface area contributed by atoms with Crippen molar-refractivity contribution in [3.63, 3.8) is 0 Å². The highest BCUT2D eigenvalue weighted by molar-refractivity contribution is 14.2. The first-order valence-electron chi connectivity index (χ1n) is 59.2. The van der Waals surface area contributed by atoms with Gasteiger partial charge in [-0.25, -0.2) is 0 Å². The summed E-state index contributed by atoms with van der Waals surface area (Å²) < 4.78 is 0.745. The van der Waals surface area contributed by atoms with E-state index in [0.29, 0.717) is 46.8 Å². The van der Waals surface area contributed by atoms with Gasteiger partial charge in [-0.15, -0.1) is 0 Å². The maximum absolute atomic E-state index is 3.04. The molecule has 0 amide bonds. The largest absolute Gasteiger partial charge is 0.352 e. The Morgan fingerprint density at radius 1 is 0.329 bits per heavy atom. The van der Waals surface area contributed by atoms with Crippen LogP contribution in [-0.4, -0.2) is 184 Å². The summed E-state index contributed by atoms with van der Waals surface area (Å²) >= 11 is 11.9. The summed E-state index contributed by atoms with van der Waals surface area (Å²) in [5.74, 6) is 13.4. The predicted octanol–water partition coefficient (Wildman–Crippen LogP) is 37.8. The van der Waals surface area contributed by atoms with Crippen molar-refractivity contribution < 1.29 is 0 Å². The summed E-state index contributed by atoms with van der Waals surface area (Å²) in [6, 6.07) is 30.7. The molecular formula is C126H203I5N10S5. The molecule has 822 valence electrons. The van der Waals surface area contributed by atoms with Crippen molar-refractivity contribution in [2.24, 2.45) is 53.3 Å². The van der Waals surface area contributed by atoms with Crippen LogP contribution in [-0.2, 0) is 0 Å². The van der Waals surface area contributed by atoms with Gasteiger partial charge in [-0.3, -0.25) is 29.4 Å². The third kappa shape index (κ3) is 33.6. The molecule has 146 heavy (non-hydrogen) atoms. The van der Waals surface area contributed by atoms with E-state index >= 15 is 0 Å². The number of benzene rings is 5. The fourth-order valence-corrected chi connectivity index (χ4v) is 40.0. The highest BCUT2D eigenvalue weighted by atomic mass is 127. The highest BCUT2D eigenvalue weighted by Crippen LogP contribution is 2.64. The summed E-state index contributed by atoms with van der Waals surface area (Å²) in [6.07, 6.45) is 51.7. The second-order valence-corrected chi connectivity index (χ2v) is 63.3. The Kier molecular flexibility index (Phi) is 50.0. The van der Waals surface area contributed by atoms with E-state index in [1.807, 2.05) is 26.8 Å². The molecule has 12 bridgehead atoms. The zero-order chi connectivity index (χ0) is 105. The number of nitrogens with zero attached hydrogens (tertiary/aromatic N) is 10. The Morgan fingerprint density at radius 2 is 0.623 bits per heavy atom. The second-order valence-electron chi connectivity index (χ2n) is 51.6. The van der Waals surface area contributed by atoms with E-state index in [1.165, 1.54) is 261 Å². The number of rotatable bonds is 20. The molecule has 15 saturated carbocycles. The van der Waals surface area contributed by atoms with Crippen LogP contribution in [0.2, 0.25) is 0 Å². The molecule has 15 aliphatic carbocycles. The van der Waals surface area contributed by atoms with Gasteiger partial charge in [0.1, 0.15) is 0 Å². The topological polar surface area (TPSA) is 32.4 Å². The van der Waals surface area contributed by atoms with E-state index in [1.54, 1.807) is 125 Å². The first-order chi connectivity index (χ1) is 69.9. The predicted molar refractivity (Wildman–Crippen MR) is 695 cm³/mol. The van der Waals surface area contributed by atoms with Gasteiger partial charge in [-0.1, -0.05) is 268 Å². The van der Waals surface area contributed by atoms with Gasteiger partial charge in [0.25, 0.3) is 0 Å². The molecule has 20 fully saturated rings. The third-order valence-corrected chi connectivity index (χ3v) is 51.1. The summed E-state index contributed by atoms with van der Waals surface area (Å²) in [5, 5.41) is 1.78. The normalized spacial score (nSPS) is 28.2. The molecule has 10 nitrogen and oxygen atoms in total. The molecule has 5 saturated heterocycles. The molecule has 5 aromatic rings. The summed E-state index contributed by atoms with van der Waals surface area (Å²) in [4.78, 5) is 28.4. The van der Waals surface area contributed by atoms with Gasteiger partial charge in [0.2, 0.25) is 0 Å². The van der Waals surface area contributed by atoms with E-state index in [0.717, 1.165) is 127 Å². The van der Waals surface area contributed by atoms with Gasteiger partial charge in [0, 0.05) is 171 Å². The standard InChI is InChI=1S/C27H40N2.C23H36N2.C21H28N2.C15H28N2.C10H15IS.C9H11IS.C9H20N2.C6H11IS.2C3H7IS/c1-18(2)22-11-9-12-23(19(3)4)26(22)28-15-16-29(17-28)27-24(20(5)6)13-10-14-25(27)21(7)8;1-2-25(23-12-19-6-20(13-23)8-21(7-19)14-23)15-24(1)22-9-16-3-17(10-22)5-18(4-16)11-22;1-14-9-16(3)20(17(4)10-14)22-7-8-23(13-22)21-18(5)11-15(2)12-19(21)6;1-3-7-14(8-4-1)16-11-12-17(13-16)15-9-5-2-6-10-15;11-12-10-4-7-1-8(5-10)3-9(2-7)6-10;1-6-4-7(2)9(11-10)8(3)5-6;1-8(2)10-5-6-11(7-10)9(3)4;7-8-6-4-2-1-3-5-6;1-3(2)5-4;1-2-3-5-4/h9-14,18-21H,15-17H2,1-8H3;16-21H,1-15H2;9-12H,7-8,13H2,1-6H3;14-15H,1-13H2;7-9H,1-6H2;4-5H,1-3H3;8-9H,5-7H2,1-4H3;6H,1-5H2;3H,1-2H3;2-3H2,1H3. The fourth-order valence-electron chi connectivity index (χ4n) is 31.5. The summed E-state index contributed by atoms with van der Waals surface area (Å²) in [6.45, 7) is 72.1. The van der Waals surface area contributed by atoms with Crippen LogP contribution in [0.5, 0.6) is 0 Å². The fraction of sp³-hybridized carbons (Fsp3) is 0.762. The van der Waals surface area contributed by atoms with Gasteiger partial charge in [0.15, 0.2) is 0 Å². The molecule has 5 aliphatic heterocycles. The Bertz CT molecular complexity index is 4320. The first kappa shape index (κ1) is 123. The molecule has 20 aliphatic rings. The summed E-state index contributed by atoms with van der Waals surface area (Å²) in [5.41, 5.74) is 25.4. The molecule has 0 N–H and O–H groups in total. The van der Waals surface area contributed by atoms with Crippen LogP contribution in [0.3, 0.4) is 0 Å². The van der Waals surface area contributed by atoms with E-state index in [2.05, 4.69) is 403 Å². The van der Waals surface area contributed by atoms with Crippen LogP contribution in [0, 0.1) is 116 Å². The van der Waals surface area contributed by atoms with Crippen molar-refractivity contribution in [2.75, 3.05) is 124 Å². The third-order valence-electron chi connectivity index (χ3n) is 37.2. The van der Waals surface area contributed by atoms with Crippen molar-refractivity contribution in [1.29, 1.82) is 0 Å². The lowest BCUT2D eigenvalue weighted by Crippen LogP contribution is -2.62. The number of hydrogen-bond donors (Lipinski definition) is 0. The van der Waals surface area contributed by atoms with Crippen LogP contribution in [0.1, 0.15) is 418 Å². The number of halogens is 5. The Labute approximate surface area is 977 Å². The molecule has 5 aromatic carbocycles. The average molecular weight is 2650 g/mol. The van der Waals surface area contributed by atoms with Gasteiger partial charge >= 0.3 is 0 Å². The molecular weight excluding hydrogens is 2450 g/mol. The lowest BCUT2D eigenvalue weighted by Gasteiger charge is -2.61. The number of hydrogen-bond acceptors (Lipinski definition) is 15. The molecule has 0 spiro atoms. The maximum Gasteiger partial charge on any atom is 0.0904 e. The molecule has 5 heterocycles. The van der Waals surface area contributed by atoms with Gasteiger partial charge in [0.05, 0.1) is 33.3 Å². The second kappa shape index (κ2) is 59.2. The van der Waals surface area contributed by atoms with Crippen LogP contribution in [0.4, 0.5) is 22.7 Å². The van der Waals surface area contributed by atoms with Gasteiger partial charge in [-0.05, 0) is 468 Å². The Morgan fingerprint density at radius 3 is 0.870 bits per heavy atom. The van der Waals surface area contributed by atoms with E-state index in [-0.39, 0.29) is 0 Å². The molecule has 0 aromatic heterocycles. The minimum atomic E-state index is 0.534. The monoisotopic (exact) mass is 2650 g/mol. The number of para-hydroxylation sites is 2. The molecule has 25 rings (SSSR count). The van der Waals surface area contributed by atoms with E-state index in [9.17, 15) is 0 Å². The quantitative estimate of drug-likeness (QED) is 0.0693.